The Morgan fingerprint density at radius 1 is 1.16 bits per heavy atom. The van der Waals surface area contributed by atoms with Crippen LogP contribution in [0.5, 0.6) is 5.75 Å². The predicted molar refractivity (Wildman–Crippen MR) is 180 cm³/mol. The van der Waals surface area contributed by atoms with Crippen LogP contribution in [0.2, 0.25) is 5.02 Å². The molecule has 15 heteroatoms. The van der Waals surface area contributed by atoms with Crippen molar-refractivity contribution in [3.63, 3.8) is 0 Å². The van der Waals surface area contributed by atoms with Gasteiger partial charge in [-0.05, 0) is 74.6 Å². The first-order valence-electron chi connectivity index (χ1n) is 15.7. The first-order valence-corrected chi connectivity index (χ1v) is 16.9. The summed E-state index contributed by atoms with van der Waals surface area (Å²) in [5.74, 6) is 3.25. The fraction of sp³-hybridized carbons (Fsp3) is 0.371. The third-order valence-corrected chi connectivity index (χ3v) is 10.5. The molecule has 3 aliphatic heterocycles. The molecule has 3 amide bonds. The first-order chi connectivity index (χ1) is 23.6. The molecule has 0 spiro atoms. The summed E-state index contributed by atoms with van der Waals surface area (Å²) in [6, 6.07) is 13.3. The molecule has 7 rings (SSSR count). The van der Waals surface area contributed by atoms with Gasteiger partial charge in [-0.15, -0.1) is 11.8 Å². The summed E-state index contributed by atoms with van der Waals surface area (Å²) in [5, 5.41) is 15.9. The highest BCUT2D eigenvalue weighted by Gasteiger charge is 2.64. The number of rotatable bonds is 5. The number of halogens is 4. The number of nitrogens with one attached hydrogen (secondary N) is 2. The van der Waals surface area contributed by atoms with E-state index in [1.54, 1.807) is 19.9 Å². The maximum Gasteiger partial charge on any atom is 0.445 e. The lowest BCUT2D eigenvalue weighted by Crippen LogP contribution is -2.70. The van der Waals surface area contributed by atoms with Crippen LogP contribution >= 0.6 is 23.4 Å². The zero-order valence-corrected chi connectivity index (χ0v) is 28.5. The van der Waals surface area contributed by atoms with E-state index in [1.807, 2.05) is 37.3 Å². The Bertz CT molecular complexity index is 1980. The molecule has 50 heavy (non-hydrogen) atoms. The minimum atomic E-state index is -4.87. The minimum absolute atomic E-state index is 0.00179. The van der Waals surface area contributed by atoms with Crippen molar-refractivity contribution in [2.45, 2.75) is 67.6 Å². The van der Waals surface area contributed by atoms with Crippen molar-refractivity contribution >= 4 is 63.7 Å². The summed E-state index contributed by atoms with van der Waals surface area (Å²) in [6.07, 6.45) is -4.54. The molecule has 3 aromatic carbocycles. The van der Waals surface area contributed by atoms with Crippen molar-refractivity contribution in [1.29, 1.82) is 0 Å². The predicted octanol–water partition coefficient (Wildman–Crippen LogP) is 6.56. The van der Waals surface area contributed by atoms with Crippen LogP contribution in [0.1, 0.15) is 49.5 Å². The van der Waals surface area contributed by atoms with Crippen LogP contribution in [0.4, 0.5) is 23.7 Å². The molecule has 4 atom stereocenters. The van der Waals surface area contributed by atoms with Crippen molar-refractivity contribution in [3.8, 4) is 17.6 Å². The largest absolute Gasteiger partial charge is 0.493 e. The zero-order chi connectivity index (χ0) is 36.2. The number of carbonyl (C=O) groups is 4. The van der Waals surface area contributed by atoms with E-state index in [0.29, 0.717) is 17.9 Å². The van der Waals surface area contributed by atoms with Crippen LogP contribution in [0.3, 0.4) is 0 Å². The maximum atomic E-state index is 13.6. The maximum absolute atomic E-state index is 13.6. The monoisotopic (exact) mass is 729 g/mol. The van der Waals surface area contributed by atoms with Gasteiger partial charge in [0.25, 0.3) is 11.5 Å². The summed E-state index contributed by atoms with van der Waals surface area (Å²) < 4.78 is 50.4. The number of benzene rings is 3. The number of carboxylic acid groups (broad SMARTS) is 1. The molecular weight excluding hydrogens is 699 g/mol. The molecule has 0 radical (unpaired) electrons. The van der Waals surface area contributed by atoms with Crippen molar-refractivity contribution in [2.75, 3.05) is 11.9 Å². The van der Waals surface area contributed by atoms with E-state index < -0.39 is 52.0 Å². The number of nitrogens with zero attached hydrogens (tertiary/aromatic N) is 1. The van der Waals surface area contributed by atoms with Gasteiger partial charge in [0.15, 0.2) is 0 Å². The second-order valence-corrected chi connectivity index (χ2v) is 14.8. The van der Waals surface area contributed by atoms with Gasteiger partial charge in [-0.25, -0.2) is 9.59 Å². The Labute approximate surface area is 294 Å². The van der Waals surface area contributed by atoms with Crippen molar-refractivity contribution in [1.82, 2.24) is 10.2 Å². The Morgan fingerprint density at radius 2 is 1.88 bits per heavy atom. The molecule has 2 saturated heterocycles. The Kier molecular flexibility index (Phi) is 9.11. The van der Waals surface area contributed by atoms with E-state index in [2.05, 4.69) is 27.2 Å². The van der Waals surface area contributed by atoms with Crippen LogP contribution in [0.15, 0.2) is 54.6 Å². The van der Waals surface area contributed by atoms with E-state index in [1.165, 1.54) is 28.8 Å². The Balaban J connectivity index is 0.000000182. The third-order valence-electron chi connectivity index (χ3n) is 8.65. The van der Waals surface area contributed by atoms with Crippen LogP contribution in [0, 0.1) is 17.8 Å². The third kappa shape index (κ3) is 6.28. The molecule has 3 fully saturated rings. The van der Waals surface area contributed by atoms with Crippen LogP contribution < -0.4 is 15.4 Å². The second-order valence-electron chi connectivity index (χ2n) is 12.6. The fourth-order valence-electron chi connectivity index (χ4n) is 6.17. The van der Waals surface area contributed by atoms with Gasteiger partial charge in [0.2, 0.25) is 5.91 Å². The summed E-state index contributed by atoms with van der Waals surface area (Å²) in [5.41, 5.74) is -2.89. The molecule has 0 bridgehead atoms. The van der Waals surface area contributed by atoms with Gasteiger partial charge < -0.3 is 24.8 Å². The topological polar surface area (TPSA) is 134 Å². The molecule has 10 nitrogen and oxygen atoms in total. The molecule has 1 saturated carbocycles. The summed E-state index contributed by atoms with van der Waals surface area (Å²) in [4.78, 5) is 50.4. The van der Waals surface area contributed by atoms with Gasteiger partial charge in [0, 0.05) is 21.3 Å². The highest BCUT2D eigenvalue weighted by Crippen LogP contribution is 2.51. The van der Waals surface area contributed by atoms with Crippen LogP contribution in [-0.4, -0.2) is 68.9 Å². The number of fused-ring (bicyclic) bond motifs is 3. The number of cyclic esters (lactones) is 1. The minimum Gasteiger partial charge on any atom is -0.493 e. The van der Waals surface area contributed by atoms with Gasteiger partial charge in [-0.2, -0.15) is 13.2 Å². The first kappa shape index (κ1) is 35.2. The van der Waals surface area contributed by atoms with Crippen molar-refractivity contribution in [2.24, 2.45) is 5.92 Å². The molecule has 4 aliphatic rings. The summed E-state index contributed by atoms with van der Waals surface area (Å²) in [7, 11) is 0. The van der Waals surface area contributed by atoms with E-state index in [4.69, 9.17) is 16.3 Å². The quantitative estimate of drug-likeness (QED) is 0.199. The van der Waals surface area contributed by atoms with Crippen LogP contribution in [-0.2, 0) is 19.9 Å². The van der Waals surface area contributed by atoms with Crippen LogP contribution in [0.25, 0.3) is 10.8 Å². The number of carbonyl (C=O) groups excluding carboxylic acids is 3. The number of β-lactam (4-membered cyclic amide) rings is 1. The molecule has 0 unspecified atom stereocenters. The van der Waals surface area contributed by atoms with E-state index in [9.17, 15) is 37.5 Å². The van der Waals surface area contributed by atoms with Gasteiger partial charge in [-0.3, -0.25) is 14.9 Å². The highest BCUT2D eigenvalue weighted by molar-refractivity contribution is 8.01. The molecule has 1 aliphatic carbocycles. The average molecular weight is 730 g/mol. The number of hydrogen-bond acceptors (Lipinski definition) is 7. The van der Waals surface area contributed by atoms with Gasteiger partial charge in [-0.1, -0.05) is 47.9 Å². The van der Waals surface area contributed by atoms with E-state index in [-0.39, 0.29) is 28.1 Å². The molecule has 262 valence electrons. The molecule has 3 aromatic rings. The SMILES string of the molecule is CCOc1ccc2ccccc2c1C(=O)N[C@@H]1C(=O)N2[C@@H]1SC(C)(C)[C@@H]2C(=O)O.O=C1Nc2ccc(Cl)cc2[C@@](C#CC2CC2)(C(F)(F)F)O1. The lowest BCUT2D eigenvalue weighted by atomic mass is 9.90. The van der Waals surface area contributed by atoms with Gasteiger partial charge in [0.1, 0.15) is 23.2 Å². The second kappa shape index (κ2) is 12.9. The fourth-order valence-corrected chi connectivity index (χ4v) is 7.97. The molecule has 3 N–H and O–H groups in total. The lowest BCUT2D eigenvalue weighted by molar-refractivity contribution is -0.239. The van der Waals surface area contributed by atoms with Gasteiger partial charge in [0.05, 0.1) is 17.9 Å². The number of hydrogen-bond donors (Lipinski definition) is 3. The van der Waals surface area contributed by atoms with Crippen molar-refractivity contribution in [3.05, 3.63) is 70.7 Å². The Hall–Kier alpha value is -4.61. The standard InChI is InChI=1S/C21H22N2O5S.C14H9ClF3NO2/c1-4-28-13-10-9-11-7-5-6-8-12(11)14(13)17(24)22-15-18(25)23-16(20(26)27)21(2,3)29-19(15)23;15-9-3-4-11-10(7-9)13(14(16,17)18,21-12(20)19-11)6-5-8-1-2-8/h5-10,15-16,19H,4H2,1-3H3,(H,22,24)(H,26,27);3-4,7-8H,1-2H2,(H,19,20)/t15-,16+,19-;13-/m10/s1. The number of anilines is 1. The summed E-state index contributed by atoms with van der Waals surface area (Å²) >= 11 is 7.18. The normalized spacial score (nSPS) is 24.5. The van der Waals surface area contributed by atoms with Gasteiger partial charge >= 0.3 is 18.2 Å². The van der Waals surface area contributed by atoms with Crippen molar-refractivity contribution < 1.29 is 46.9 Å². The highest BCUT2D eigenvalue weighted by atomic mass is 35.5. The number of aliphatic carboxylic acids is 1. The number of amides is 3. The number of thioether (sulfide) groups is 1. The molecule has 0 aromatic heterocycles. The van der Waals surface area contributed by atoms with E-state index >= 15 is 0 Å². The Morgan fingerprint density at radius 3 is 2.54 bits per heavy atom. The number of carboxylic acids is 1. The van der Waals surface area contributed by atoms with E-state index in [0.717, 1.165) is 29.7 Å². The molecular formula is C35H31ClF3N3O7S. The number of ether oxygens (including phenoxy) is 2. The molecule has 3 heterocycles. The smallest absolute Gasteiger partial charge is 0.445 e. The number of alkyl halides is 3. The summed E-state index contributed by atoms with van der Waals surface area (Å²) in [6.45, 7) is 5.85. The zero-order valence-electron chi connectivity index (χ0n) is 26.9. The lowest BCUT2D eigenvalue weighted by Gasteiger charge is -2.43. The average Bonchev–Trinajstić information content (AvgIpc) is 3.84.